The van der Waals surface area contributed by atoms with Gasteiger partial charge in [0.15, 0.2) is 0 Å². The maximum absolute atomic E-state index is 4.56. The molecule has 1 heteroatoms. The summed E-state index contributed by atoms with van der Waals surface area (Å²) in [7, 11) is 0. The van der Waals surface area contributed by atoms with E-state index in [4.69, 9.17) is 0 Å². The predicted octanol–water partition coefficient (Wildman–Crippen LogP) is 5.12. The van der Waals surface area contributed by atoms with E-state index >= 15 is 0 Å². The smallest absolute Gasteiger partial charge is 0.0707 e. The van der Waals surface area contributed by atoms with Gasteiger partial charge in [-0.3, -0.25) is 4.98 Å². The first-order valence-corrected chi connectivity index (χ1v) is 6.39. The second-order valence-corrected chi connectivity index (χ2v) is 4.17. The summed E-state index contributed by atoms with van der Waals surface area (Å²) < 4.78 is 0. The summed E-state index contributed by atoms with van der Waals surface area (Å²) in [6, 6.07) is 4.18. The molecule has 0 amide bonds. The first kappa shape index (κ1) is 14.9. The van der Waals surface area contributed by atoms with Crippen LogP contribution in [0.25, 0.3) is 11.1 Å². The number of nitrogens with zero attached hydrogens (tertiary/aromatic N) is 1. The van der Waals surface area contributed by atoms with E-state index in [0.717, 1.165) is 28.1 Å². The van der Waals surface area contributed by atoms with Crippen LogP contribution in [0.2, 0.25) is 0 Å². The summed E-state index contributed by atoms with van der Waals surface area (Å²) in [4.78, 5) is 4.56. The molecule has 0 aliphatic rings. The number of aromatic nitrogens is 1. The molecule has 0 atom stereocenters. The lowest BCUT2D eigenvalue weighted by atomic mass is 10.0. The quantitative estimate of drug-likeness (QED) is 0.661. The first-order valence-electron chi connectivity index (χ1n) is 6.39. The van der Waals surface area contributed by atoms with Crippen LogP contribution in [-0.2, 0) is 0 Å². The van der Waals surface area contributed by atoms with Crippen LogP contribution in [0.1, 0.15) is 30.8 Å². The minimum Gasteiger partial charge on any atom is -0.253 e. The first-order chi connectivity index (χ1) is 9.15. The molecule has 0 spiro atoms. The molecule has 98 valence electrons. The molecule has 19 heavy (non-hydrogen) atoms. The Morgan fingerprint density at radius 3 is 2.32 bits per heavy atom. The molecule has 0 unspecified atom stereocenters. The normalized spacial score (nSPS) is 12.8. The lowest BCUT2D eigenvalue weighted by Gasteiger charge is -2.08. The van der Waals surface area contributed by atoms with Gasteiger partial charge >= 0.3 is 0 Å². The summed E-state index contributed by atoms with van der Waals surface area (Å²) in [5, 5.41) is 0. The molecule has 0 aliphatic carbocycles. The zero-order valence-electron chi connectivity index (χ0n) is 12.0. The molecule has 1 nitrogen and oxygen atoms in total. The molecule has 1 heterocycles. The van der Waals surface area contributed by atoms with Gasteiger partial charge in [0.25, 0.3) is 0 Å². The Morgan fingerprint density at radius 2 is 1.79 bits per heavy atom. The largest absolute Gasteiger partial charge is 0.253 e. The third-order valence-electron chi connectivity index (χ3n) is 2.84. The minimum atomic E-state index is 0.957. The molecular weight excluding hydrogens is 230 g/mol. The Bertz CT molecular complexity index is 557. The molecule has 1 aromatic rings. The van der Waals surface area contributed by atoms with Crippen molar-refractivity contribution in [1.82, 2.24) is 4.98 Å². The lowest BCUT2D eigenvalue weighted by molar-refractivity contribution is 1.16. The van der Waals surface area contributed by atoms with Crippen LogP contribution in [0, 0.1) is 6.92 Å². The van der Waals surface area contributed by atoms with Crippen molar-refractivity contribution in [2.45, 2.75) is 20.8 Å². The summed E-state index contributed by atoms with van der Waals surface area (Å²) >= 11 is 0. The van der Waals surface area contributed by atoms with Crippen molar-refractivity contribution in [3.05, 3.63) is 78.7 Å². The van der Waals surface area contributed by atoms with Gasteiger partial charge in [0.05, 0.1) is 5.69 Å². The van der Waals surface area contributed by atoms with Crippen LogP contribution in [0.5, 0.6) is 0 Å². The molecule has 0 radical (unpaired) electrons. The van der Waals surface area contributed by atoms with E-state index < -0.39 is 0 Å². The Kier molecular flexibility index (Phi) is 5.74. The second-order valence-electron chi connectivity index (χ2n) is 4.17. The van der Waals surface area contributed by atoms with Crippen LogP contribution in [0.4, 0.5) is 0 Å². The predicted molar refractivity (Wildman–Crippen MR) is 85.8 cm³/mol. The minimum absolute atomic E-state index is 0.957. The monoisotopic (exact) mass is 251 g/mol. The zero-order chi connectivity index (χ0) is 14.3. The van der Waals surface area contributed by atoms with Crippen molar-refractivity contribution in [3.63, 3.8) is 0 Å². The SMILES string of the molecule is C=C/C=C\C(=C/C)c1cc(C)nc(/C(C=C)=C/C)c1. The highest BCUT2D eigenvalue weighted by Gasteiger charge is 2.04. The fraction of sp³-hybridized carbons (Fsp3) is 0.167. The van der Waals surface area contributed by atoms with Crippen molar-refractivity contribution in [1.29, 1.82) is 0 Å². The standard InChI is InChI=1S/C18H21N/c1-6-10-11-16(9-4)17-12-14(5)19-18(13-17)15(7-2)8-3/h6-13H,1-2H2,3-5H3/b11-10-,15-8+,16-9+. The topological polar surface area (TPSA) is 12.9 Å². The summed E-state index contributed by atoms with van der Waals surface area (Å²) in [6.45, 7) is 13.6. The van der Waals surface area contributed by atoms with Crippen molar-refractivity contribution in [3.8, 4) is 0 Å². The highest BCUT2D eigenvalue weighted by Crippen LogP contribution is 2.22. The fourth-order valence-electron chi connectivity index (χ4n) is 1.88. The molecule has 0 saturated heterocycles. The highest BCUT2D eigenvalue weighted by atomic mass is 14.7. The van der Waals surface area contributed by atoms with E-state index in [0.29, 0.717) is 0 Å². The van der Waals surface area contributed by atoms with E-state index in [1.54, 1.807) is 6.08 Å². The highest BCUT2D eigenvalue weighted by molar-refractivity contribution is 5.78. The van der Waals surface area contributed by atoms with E-state index in [1.807, 2.05) is 39.0 Å². The van der Waals surface area contributed by atoms with Gasteiger partial charge in [-0.2, -0.15) is 0 Å². The van der Waals surface area contributed by atoms with Gasteiger partial charge in [-0.1, -0.05) is 49.6 Å². The Labute approximate surface area is 116 Å². The molecule has 0 fully saturated rings. The molecule has 0 saturated carbocycles. The van der Waals surface area contributed by atoms with Crippen LogP contribution in [-0.4, -0.2) is 4.98 Å². The second kappa shape index (κ2) is 7.32. The molecule has 0 aliphatic heterocycles. The Morgan fingerprint density at radius 1 is 1.11 bits per heavy atom. The fourth-order valence-corrected chi connectivity index (χ4v) is 1.88. The van der Waals surface area contributed by atoms with Crippen molar-refractivity contribution >= 4 is 11.1 Å². The van der Waals surface area contributed by atoms with Gasteiger partial charge in [0, 0.05) is 5.69 Å². The number of rotatable bonds is 5. The lowest BCUT2D eigenvalue weighted by Crippen LogP contribution is -1.94. The molecular formula is C18H21N. The maximum atomic E-state index is 4.56. The van der Waals surface area contributed by atoms with Gasteiger partial charge in [0.2, 0.25) is 0 Å². The van der Waals surface area contributed by atoms with Gasteiger partial charge in [-0.05, 0) is 49.6 Å². The van der Waals surface area contributed by atoms with E-state index in [1.165, 1.54) is 0 Å². The molecule has 0 bridgehead atoms. The maximum Gasteiger partial charge on any atom is 0.0707 e. The third kappa shape index (κ3) is 3.92. The average Bonchev–Trinajstić information content (AvgIpc) is 2.40. The van der Waals surface area contributed by atoms with Gasteiger partial charge in [0.1, 0.15) is 0 Å². The van der Waals surface area contributed by atoms with Gasteiger partial charge in [-0.15, -0.1) is 0 Å². The molecule has 0 N–H and O–H groups in total. The van der Waals surface area contributed by atoms with Crippen LogP contribution >= 0.6 is 0 Å². The summed E-state index contributed by atoms with van der Waals surface area (Å²) in [5.41, 5.74) is 5.32. The van der Waals surface area contributed by atoms with Crippen molar-refractivity contribution < 1.29 is 0 Å². The number of hydrogen-bond acceptors (Lipinski definition) is 1. The molecule has 1 rings (SSSR count). The van der Waals surface area contributed by atoms with Crippen molar-refractivity contribution in [2.75, 3.05) is 0 Å². The number of allylic oxidation sites excluding steroid dienone is 8. The average molecular weight is 251 g/mol. The Balaban J connectivity index is 3.34. The van der Waals surface area contributed by atoms with Crippen molar-refractivity contribution in [2.24, 2.45) is 0 Å². The number of hydrogen-bond donors (Lipinski definition) is 0. The molecule has 0 aromatic carbocycles. The zero-order valence-corrected chi connectivity index (χ0v) is 12.0. The third-order valence-corrected chi connectivity index (χ3v) is 2.84. The van der Waals surface area contributed by atoms with Gasteiger partial charge in [-0.25, -0.2) is 0 Å². The number of pyridine rings is 1. The van der Waals surface area contributed by atoms with Crippen LogP contribution < -0.4 is 0 Å². The van der Waals surface area contributed by atoms with Crippen LogP contribution in [0.15, 0.2) is 61.7 Å². The Hall–Kier alpha value is -2.15. The van der Waals surface area contributed by atoms with E-state index in [-0.39, 0.29) is 0 Å². The summed E-state index contributed by atoms with van der Waals surface area (Å²) in [5.74, 6) is 0. The van der Waals surface area contributed by atoms with E-state index in [2.05, 4.69) is 42.4 Å². The van der Waals surface area contributed by atoms with Gasteiger partial charge < -0.3 is 0 Å². The summed E-state index contributed by atoms with van der Waals surface area (Å²) in [6.07, 6.45) is 11.7. The number of aryl methyl sites for hydroxylation is 1. The molecule has 1 aromatic heterocycles. The van der Waals surface area contributed by atoms with E-state index in [9.17, 15) is 0 Å². The van der Waals surface area contributed by atoms with Crippen LogP contribution in [0.3, 0.4) is 0 Å².